The molecule has 0 aliphatic rings. The Balaban J connectivity index is 1.87. The van der Waals surface area contributed by atoms with Gasteiger partial charge in [-0.25, -0.2) is 4.68 Å². The molecule has 0 fully saturated rings. The van der Waals surface area contributed by atoms with Gasteiger partial charge in [-0.3, -0.25) is 4.79 Å². The minimum absolute atomic E-state index is 0.136. The fourth-order valence-corrected chi connectivity index (χ4v) is 3.72. The topological polar surface area (TPSA) is 85.2 Å². The number of rotatable bonds is 7. The molecule has 0 radical (unpaired) electrons. The largest absolute Gasteiger partial charge is 0.480 e. The number of hydrogen-bond donors (Lipinski definition) is 1. The second-order valence-corrected chi connectivity index (χ2v) is 7.43. The molecule has 12 heteroatoms. The summed E-state index contributed by atoms with van der Waals surface area (Å²) in [5.41, 5.74) is -1.82. The molecule has 1 atom stereocenters. The van der Waals surface area contributed by atoms with Crippen LogP contribution in [0.2, 0.25) is 0 Å². The minimum Gasteiger partial charge on any atom is -0.480 e. The van der Waals surface area contributed by atoms with Crippen molar-refractivity contribution in [3.8, 4) is 11.7 Å². The quantitative estimate of drug-likeness (QED) is 0.608. The van der Waals surface area contributed by atoms with Crippen LogP contribution in [0.3, 0.4) is 0 Å². The molecule has 3 rings (SSSR count). The highest BCUT2D eigenvalue weighted by Gasteiger charge is 2.41. The van der Waals surface area contributed by atoms with Crippen LogP contribution >= 0.6 is 11.3 Å². The van der Waals surface area contributed by atoms with Gasteiger partial charge in [-0.1, -0.05) is 6.07 Å². The zero-order valence-corrected chi connectivity index (χ0v) is 17.2. The van der Waals surface area contributed by atoms with E-state index in [1.165, 1.54) is 30.6 Å². The highest BCUT2D eigenvalue weighted by Crippen LogP contribution is 2.33. The number of likely N-dealkylation sites (N-methyl/N-ethyl adjacent to an activating group) is 1. The summed E-state index contributed by atoms with van der Waals surface area (Å²) in [5.74, 6) is -0.925. The second-order valence-electron chi connectivity index (χ2n) is 6.46. The first kappa shape index (κ1) is 21.7. The molecule has 0 saturated carbocycles. The van der Waals surface area contributed by atoms with E-state index in [1.807, 2.05) is 36.5 Å². The molecule has 3 aromatic rings. The van der Waals surface area contributed by atoms with E-state index in [2.05, 4.69) is 20.6 Å². The highest BCUT2D eigenvalue weighted by molar-refractivity contribution is 7.10. The minimum atomic E-state index is -4.83. The van der Waals surface area contributed by atoms with Gasteiger partial charge in [0.25, 0.3) is 5.91 Å². The predicted octanol–water partition coefficient (Wildman–Crippen LogP) is 2.78. The van der Waals surface area contributed by atoms with Crippen molar-refractivity contribution in [1.82, 2.24) is 30.2 Å². The monoisotopic (exact) mass is 440 g/mol. The summed E-state index contributed by atoms with van der Waals surface area (Å²) in [7, 11) is 5.02. The maximum Gasteiger partial charge on any atom is 0.434 e. The van der Waals surface area contributed by atoms with Crippen LogP contribution in [0.15, 0.2) is 35.8 Å². The molecule has 1 unspecified atom stereocenters. The van der Waals surface area contributed by atoms with E-state index in [9.17, 15) is 18.0 Å². The molecule has 0 aromatic carbocycles. The van der Waals surface area contributed by atoms with Crippen LogP contribution < -0.4 is 10.1 Å². The summed E-state index contributed by atoms with van der Waals surface area (Å²) >= 11 is 1.50. The van der Waals surface area contributed by atoms with Gasteiger partial charge in [0, 0.05) is 17.5 Å². The van der Waals surface area contributed by atoms with Crippen molar-refractivity contribution >= 4 is 17.2 Å². The van der Waals surface area contributed by atoms with Gasteiger partial charge < -0.3 is 15.0 Å². The van der Waals surface area contributed by atoms with Crippen LogP contribution in [0.5, 0.6) is 5.88 Å². The Morgan fingerprint density at radius 2 is 2.07 bits per heavy atom. The molecule has 0 spiro atoms. The number of alkyl halides is 3. The number of carbonyl (C=O) groups excluding carboxylic acids is 1. The smallest absolute Gasteiger partial charge is 0.434 e. The van der Waals surface area contributed by atoms with Crippen molar-refractivity contribution in [2.45, 2.75) is 12.2 Å². The molecule has 8 nitrogen and oxygen atoms in total. The zero-order valence-electron chi connectivity index (χ0n) is 16.3. The lowest BCUT2D eigenvalue weighted by atomic mass is 10.2. The van der Waals surface area contributed by atoms with Crippen LogP contribution in [-0.2, 0) is 6.18 Å². The lowest BCUT2D eigenvalue weighted by Crippen LogP contribution is -2.35. The summed E-state index contributed by atoms with van der Waals surface area (Å²) in [6.45, 7) is 0.136. The van der Waals surface area contributed by atoms with E-state index in [1.54, 1.807) is 0 Å². The van der Waals surface area contributed by atoms with Gasteiger partial charge in [-0.15, -0.1) is 21.5 Å². The number of aromatic nitrogens is 4. The van der Waals surface area contributed by atoms with Crippen molar-refractivity contribution < 1.29 is 22.7 Å². The molecule has 1 N–H and O–H groups in total. The zero-order chi connectivity index (χ0) is 21.9. The highest BCUT2D eigenvalue weighted by atomic mass is 32.1. The number of ether oxygens (including phenoxy) is 1. The van der Waals surface area contributed by atoms with Crippen molar-refractivity contribution in [2.75, 3.05) is 27.7 Å². The molecule has 30 heavy (non-hydrogen) atoms. The lowest BCUT2D eigenvalue weighted by Gasteiger charge is -2.23. The van der Waals surface area contributed by atoms with Crippen LogP contribution in [0.4, 0.5) is 13.2 Å². The molecule has 3 aromatic heterocycles. The second kappa shape index (κ2) is 8.79. The van der Waals surface area contributed by atoms with Crippen LogP contribution in [-0.4, -0.2) is 58.5 Å². The van der Waals surface area contributed by atoms with Gasteiger partial charge in [-0.2, -0.15) is 18.3 Å². The molecule has 160 valence electrons. The maximum absolute atomic E-state index is 13.8. The average Bonchev–Trinajstić information content (AvgIpc) is 3.37. The first-order valence-corrected chi connectivity index (χ1v) is 9.61. The summed E-state index contributed by atoms with van der Waals surface area (Å²) < 4.78 is 46.7. The third-order valence-corrected chi connectivity index (χ3v) is 5.26. The Kier molecular flexibility index (Phi) is 6.37. The third-order valence-electron chi connectivity index (χ3n) is 4.29. The summed E-state index contributed by atoms with van der Waals surface area (Å²) in [6, 6.07) is 6.23. The van der Waals surface area contributed by atoms with Gasteiger partial charge >= 0.3 is 6.18 Å². The fraction of sp³-hybridized carbons (Fsp3) is 0.333. The molecule has 0 aliphatic carbocycles. The first-order valence-electron chi connectivity index (χ1n) is 8.73. The number of carbonyl (C=O) groups is 1. The van der Waals surface area contributed by atoms with Crippen LogP contribution in [0.1, 0.15) is 27.0 Å². The Morgan fingerprint density at radius 3 is 2.60 bits per heavy atom. The number of nitrogens with one attached hydrogen (secondary N) is 1. The molecule has 0 saturated heterocycles. The average molecular weight is 440 g/mol. The Bertz CT molecular complexity index is 987. The Labute approximate surface area is 174 Å². The molecular weight excluding hydrogens is 421 g/mol. The fourth-order valence-electron chi connectivity index (χ4n) is 2.80. The summed E-state index contributed by atoms with van der Waals surface area (Å²) in [5, 5.41) is 15.5. The molecule has 0 aliphatic heterocycles. The van der Waals surface area contributed by atoms with E-state index in [0.717, 1.165) is 11.1 Å². The molecule has 0 bridgehead atoms. The summed E-state index contributed by atoms with van der Waals surface area (Å²) in [4.78, 5) is 15.5. The molecule has 1 amide bonds. The number of hydrogen-bond acceptors (Lipinski definition) is 7. The van der Waals surface area contributed by atoms with E-state index in [4.69, 9.17) is 4.74 Å². The SMILES string of the molecule is COc1ccc(-n2ncc(C(=O)NCC(c3cccs3)N(C)C)c2C(F)(F)F)nn1. The normalized spacial score (nSPS) is 12.8. The summed E-state index contributed by atoms with van der Waals surface area (Å²) in [6.07, 6.45) is -3.96. The van der Waals surface area contributed by atoms with E-state index < -0.39 is 23.3 Å². The third kappa shape index (κ3) is 4.60. The van der Waals surface area contributed by atoms with Crippen LogP contribution in [0.25, 0.3) is 5.82 Å². The van der Waals surface area contributed by atoms with Gasteiger partial charge in [0.2, 0.25) is 5.88 Å². The van der Waals surface area contributed by atoms with Gasteiger partial charge in [-0.05, 0) is 31.6 Å². The van der Waals surface area contributed by atoms with Crippen molar-refractivity contribution in [1.29, 1.82) is 0 Å². The maximum atomic E-state index is 13.8. The first-order chi connectivity index (χ1) is 14.2. The standard InChI is InChI=1S/C18H19F3N6O2S/c1-26(2)12(13-5-4-8-30-13)10-22-17(28)11-9-23-27(16(11)18(19,20)21)14-6-7-15(29-3)25-24-14/h4-9,12H,10H2,1-3H3,(H,22,28). The van der Waals surface area contributed by atoms with Crippen LogP contribution in [0, 0.1) is 0 Å². The number of thiophene rings is 1. The number of nitrogens with zero attached hydrogens (tertiary/aromatic N) is 5. The number of amides is 1. The van der Waals surface area contributed by atoms with Gasteiger partial charge in [0.05, 0.1) is 24.9 Å². The van der Waals surface area contributed by atoms with Crippen molar-refractivity contribution in [3.05, 3.63) is 52.0 Å². The van der Waals surface area contributed by atoms with Crippen molar-refractivity contribution in [2.24, 2.45) is 0 Å². The Morgan fingerprint density at radius 1 is 1.30 bits per heavy atom. The van der Waals surface area contributed by atoms with Crippen molar-refractivity contribution in [3.63, 3.8) is 0 Å². The Hall–Kier alpha value is -2.99. The predicted molar refractivity (Wildman–Crippen MR) is 104 cm³/mol. The van der Waals surface area contributed by atoms with E-state index in [-0.39, 0.29) is 24.3 Å². The van der Waals surface area contributed by atoms with E-state index >= 15 is 0 Å². The lowest BCUT2D eigenvalue weighted by molar-refractivity contribution is -0.143. The van der Waals surface area contributed by atoms with Gasteiger partial charge in [0.15, 0.2) is 11.5 Å². The number of methoxy groups -OCH3 is 1. The van der Waals surface area contributed by atoms with Gasteiger partial charge in [0.1, 0.15) is 0 Å². The molecular formula is C18H19F3N6O2S. The van der Waals surface area contributed by atoms with E-state index in [0.29, 0.717) is 4.68 Å². The number of halogens is 3. The molecule has 3 heterocycles.